The number of thioether (sulfide) groups is 1. The number of amides is 1. The molecule has 0 bridgehead atoms. The molecule has 0 unspecified atom stereocenters. The monoisotopic (exact) mass is 384 g/mol. The zero-order valence-corrected chi connectivity index (χ0v) is 15.6. The molecule has 0 aromatic carbocycles. The molecule has 27 heavy (non-hydrogen) atoms. The smallest absolute Gasteiger partial charge is 0.276 e. The molecule has 1 fully saturated rings. The maximum Gasteiger partial charge on any atom is 0.276 e. The van der Waals surface area contributed by atoms with Gasteiger partial charge in [-0.25, -0.2) is 4.98 Å². The largest absolute Gasteiger partial charge is 0.411 e. The van der Waals surface area contributed by atoms with Gasteiger partial charge in [-0.1, -0.05) is 11.8 Å². The highest BCUT2D eigenvalue weighted by molar-refractivity contribution is 7.99. The summed E-state index contributed by atoms with van der Waals surface area (Å²) in [6, 6.07) is 3.63. The lowest BCUT2D eigenvalue weighted by Gasteiger charge is -2.31. The van der Waals surface area contributed by atoms with Crippen LogP contribution < -0.4 is 0 Å². The summed E-state index contributed by atoms with van der Waals surface area (Å²) in [5.41, 5.74) is 0.833. The Bertz CT molecular complexity index is 859. The minimum atomic E-state index is 0.175. The van der Waals surface area contributed by atoms with Crippen molar-refractivity contribution in [2.75, 3.05) is 18.8 Å². The highest BCUT2D eigenvalue weighted by Crippen LogP contribution is 2.26. The van der Waals surface area contributed by atoms with E-state index in [0.717, 1.165) is 37.3 Å². The zero-order chi connectivity index (χ0) is 18.5. The van der Waals surface area contributed by atoms with Crippen LogP contribution in [0.4, 0.5) is 0 Å². The number of carbonyl (C=O) groups excluding carboxylic acids is 1. The molecule has 4 heterocycles. The summed E-state index contributed by atoms with van der Waals surface area (Å²) in [4.78, 5) is 25.8. The van der Waals surface area contributed by atoms with Crippen LogP contribution in [0.15, 0.2) is 46.6 Å². The third kappa shape index (κ3) is 4.36. The number of carbonyl (C=O) groups is 1. The predicted molar refractivity (Wildman–Crippen MR) is 100 cm³/mol. The molecule has 140 valence electrons. The average molecular weight is 384 g/mol. The second-order valence-electron chi connectivity index (χ2n) is 6.34. The summed E-state index contributed by atoms with van der Waals surface area (Å²) in [6.45, 7) is 1.56. The third-order valence-corrected chi connectivity index (χ3v) is 5.45. The van der Waals surface area contributed by atoms with Crippen LogP contribution in [0, 0.1) is 0 Å². The van der Waals surface area contributed by atoms with Crippen molar-refractivity contribution in [1.29, 1.82) is 0 Å². The zero-order valence-electron chi connectivity index (χ0n) is 14.7. The molecule has 4 rings (SSSR count). The van der Waals surface area contributed by atoms with Crippen LogP contribution in [0.3, 0.4) is 0 Å². The van der Waals surface area contributed by atoms with Gasteiger partial charge >= 0.3 is 0 Å². The fourth-order valence-electron chi connectivity index (χ4n) is 3.17. The summed E-state index contributed by atoms with van der Waals surface area (Å²) in [6.07, 6.45) is 9.35. The molecule has 3 aromatic heterocycles. The van der Waals surface area contributed by atoms with E-state index in [9.17, 15) is 4.79 Å². The van der Waals surface area contributed by atoms with Crippen molar-refractivity contribution in [3.8, 4) is 11.5 Å². The van der Waals surface area contributed by atoms with Crippen LogP contribution in [-0.2, 0) is 4.79 Å². The van der Waals surface area contributed by atoms with Gasteiger partial charge in [0.15, 0.2) is 0 Å². The van der Waals surface area contributed by atoms with Crippen molar-refractivity contribution in [3.63, 3.8) is 0 Å². The fraction of sp³-hybridized carbons (Fsp3) is 0.389. The molecular weight excluding hydrogens is 364 g/mol. The lowest BCUT2D eigenvalue weighted by Crippen LogP contribution is -2.38. The van der Waals surface area contributed by atoms with Gasteiger partial charge in [-0.2, -0.15) is 0 Å². The van der Waals surface area contributed by atoms with E-state index in [-0.39, 0.29) is 5.91 Å². The molecule has 1 amide bonds. The molecule has 0 atom stereocenters. The number of nitrogens with zero attached hydrogens (tertiary/aromatic N) is 5. The van der Waals surface area contributed by atoms with Gasteiger partial charge in [0.25, 0.3) is 5.22 Å². The molecule has 1 aliphatic rings. The van der Waals surface area contributed by atoms with Gasteiger partial charge in [0.2, 0.25) is 11.8 Å². The van der Waals surface area contributed by atoms with E-state index >= 15 is 0 Å². The lowest BCUT2D eigenvalue weighted by atomic mass is 9.96. The van der Waals surface area contributed by atoms with Crippen LogP contribution >= 0.6 is 11.8 Å². The van der Waals surface area contributed by atoms with E-state index in [1.807, 2.05) is 23.2 Å². The topological polar surface area (TPSA) is 101 Å². The molecule has 0 saturated carbocycles. The summed E-state index contributed by atoms with van der Waals surface area (Å²) >= 11 is 1.41. The molecule has 1 N–H and O–H groups in total. The molecule has 1 aliphatic heterocycles. The number of pyridine rings is 1. The molecular formula is C18H20N6O2S. The number of nitrogens with one attached hydrogen (secondary N) is 1. The van der Waals surface area contributed by atoms with E-state index in [0.29, 0.717) is 29.2 Å². The number of H-pyrrole nitrogens is 1. The van der Waals surface area contributed by atoms with Crippen LogP contribution in [0.2, 0.25) is 0 Å². The summed E-state index contributed by atoms with van der Waals surface area (Å²) in [7, 11) is 0. The molecule has 0 radical (unpaired) electrons. The van der Waals surface area contributed by atoms with Crippen LogP contribution in [0.1, 0.15) is 31.0 Å². The molecule has 3 aromatic rings. The number of hydrogen-bond acceptors (Lipinski definition) is 7. The number of aromatic amines is 1. The van der Waals surface area contributed by atoms with Gasteiger partial charge in [0.1, 0.15) is 5.82 Å². The van der Waals surface area contributed by atoms with Crippen molar-refractivity contribution in [3.05, 3.63) is 42.7 Å². The number of aromatic nitrogens is 5. The maximum atomic E-state index is 12.4. The Morgan fingerprint density at radius 2 is 2.04 bits per heavy atom. The van der Waals surface area contributed by atoms with Crippen LogP contribution in [-0.4, -0.2) is 54.8 Å². The van der Waals surface area contributed by atoms with Gasteiger partial charge in [0, 0.05) is 61.5 Å². The maximum absolute atomic E-state index is 12.4. The van der Waals surface area contributed by atoms with Gasteiger partial charge in [0.05, 0.1) is 0 Å². The first-order chi connectivity index (χ1) is 13.3. The minimum Gasteiger partial charge on any atom is -0.411 e. The first kappa shape index (κ1) is 17.7. The number of hydrogen-bond donors (Lipinski definition) is 1. The summed E-state index contributed by atoms with van der Waals surface area (Å²) in [5, 5.41) is 8.55. The van der Waals surface area contributed by atoms with Crippen molar-refractivity contribution in [1.82, 2.24) is 30.0 Å². The molecule has 1 saturated heterocycles. The Kier molecular flexibility index (Phi) is 5.47. The van der Waals surface area contributed by atoms with Gasteiger partial charge in [-0.05, 0) is 25.0 Å². The van der Waals surface area contributed by atoms with Crippen molar-refractivity contribution in [2.45, 2.75) is 30.4 Å². The standard InChI is InChI=1S/C18H20N6O2S/c25-15(24-10-3-13(4-11-24)16-20-8-9-21-16)5-12-27-18-23-22-17(26-18)14-1-6-19-7-2-14/h1-2,6-9,13H,3-5,10-12H2,(H,20,21). The Hall–Kier alpha value is -2.68. The van der Waals surface area contributed by atoms with Gasteiger partial charge in [-0.15, -0.1) is 10.2 Å². The van der Waals surface area contributed by atoms with Crippen LogP contribution in [0.25, 0.3) is 11.5 Å². The summed E-state index contributed by atoms with van der Waals surface area (Å²) < 4.78 is 5.63. The Morgan fingerprint density at radius 1 is 1.22 bits per heavy atom. The molecule has 8 nitrogen and oxygen atoms in total. The number of imidazole rings is 1. The lowest BCUT2D eigenvalue weighted by molar-refractivity contribution is -0.131. The Labute approximate surface area is 160 Å². The highest BCUT2D eigenvalue weighted by atomic mass is 32.2. The SMILES string of the molecule is O=C(CCSc1nnc(-c2ccncc2)o1)N1CCC(c2ncc[nH]2)CC1. The number of rotatable bonds is 6. The molecule has 9 heteroatoms. The number of likely N-dealkylation sites (tertiary alicyclic amines) is 1. The highest BCUT2D eigenvalue weighted by Gasteiger charge is 2.24. The average Bonchev–Trinajstić information content (AvgIpc) is 3.41. The van der Waals surface area contributed by atoms with E-state index in [4.69, 9.17) is 4.42 Å². The first-order valence-corrected chi connectivity index (χ1v) is 9.92. The first-order valence-electron chi connectivity index (χ1n) is 8.93. The van der Waals surface area contributed by atoms with Gasteiger partial charge < -0.3 is 14.3 Å². The minimum absolute atomic E-state index is 0.175. The van der Waals surface area contributed by atoms with Crippen LogP contribution in [0.5, 0.6) is 0 Å². The molecule has 0 aliphatic carbocycles. The second kappa shape index (κ2) is 8.34. The van der Waals surface area contributed by atoms with E-state index in [1.165, 1.54) is 11.8 Å². The normalized spacial score (nSPS) is 15.2. The second-order valence-corrected chi connectivity index (χ2v) is 7.38. The van der Waals surface area contributed by atoms with Crippen molar-refractivity contribution >= 4 is 17.7 Å². The quantitative estimate of drug-likeness (QED) is 0.652. The van der Waals surface area contributed by atoms with E-state index in [2.05, 4.69) is 25.1 Å². The Balaban J connectivity index is 1.22. The fourth-order valence-corrected chi connectivity index (χ4v) is 3.85. The third-order valence-electron chi connectivity index (χ3n) is 4.63. The number of piperidine rings is 1. The van der Waals surface area contributed by atoms with E-state index in [1.54, 1.807) is 18.6 Å². The van der Waals surface area contributed by atoms with Crippen molar-refractivity contribution < 1.29 is 9.21 Å². The Morgan fingerprint density at radius 3 is 2.78 bits per heavy atom. The van der Waals surface area contributed by atoms with Crippen molar-refractivity contribution in [2.24, 2.45) is 0 Å². The summed E-state index contributed by atoms with van der Waals surface area (Å²) in [5.74, 6) is 2.71. The van der Waals surface area contributed by atoms with Gasteiger partial charge in [-0.3, -0.25) is 9.78 Å². The van der Waals surface area contributed by atoms with E-state index < -0.39 is 0 Å². The molecule has 0 spiro atoms. The predicted octanol–water partition coefficient (Wildman–Crippen LogP) is 2.74.